The summed E-state index contributed by atoms with van der Waals surface area (Å²) in [6.07, 6.45) is 2.59. The van der Waals surface area contributed by atoms with Gasteiger partial charge in [0.2, 0.25) is 5.89 Å². The van der Waals surface area contributed by atoms with Crippen LogP contribution >= 0.6 is 11.8 Å². The normalized spacial score (nSPS) is 10.9. The maximum absolute atomic E-state index is 10.7. The Bertz CT molecular complexity index is 599. The number of aryl methyl sites for hydroxylation is 3. The largest absolute Gasteiger partial charge is 0.481 e. The summed E-state index contributed by atoms with van der Waals surface area (Å²) in [6, 6.07) is 0. The Morgan fingerprint density at radius 2 is 2.25 bits per heavy atom. The highest BCUT2D eigenvalue weighted by molar-refractivity contribution is 7.99. The number of imidazole rings is 1. The van der Waals surface area contributed by atoms with Crippen molar-refractivity contribution in [1.29, 1.82) is 0 Å². The van der Waals surface area contributed by atoms with E-state index < -0.39 is 5.97 Å². The zero-order valence-corrected chi connectivity index (χ0v) is 12.5. The van der Waals surface area contributed by atoms with Gasteiger partial charge >= 0.3 is 5.97 Å². The standard InChI is InChI=1S/C13H17N3O3S/c1-4-10-5-14-13(20-7-12(17)18)16(10)6-11-15-8(2)9(3)19-11/h5H,4,6-7H2,1-3H3,(H,17,18). The fourth-order valence-electron chi connectivity index (χ4n) is 1.83. The molecule has 108 valence electrons. The average Bonchev–Trinajstić information content (AvgIpc) is 2.91. The maximum Gasteiger partial charge on any atom is 0.313 e. The lowest BCUT2D eigenvalue weighted by atomic mass is 10.3. The molecule has 0 amide bonds. The molecule has 0 fully saturated rings. The lowest BCUT2D eigenvalue weighted by Crippen LogP contribution is -2.07. The lowest BCUT2D eigenvalue weighted by Gasteiger charge is -2.07. The third-order valence-corrected chi connectivity index (χ3v) is 3.93. The molecule has 6 nitrogen and oxygen atoms in total. The zero-order chi connectivity index (χ0) is 14.7. The number of aromatic nitrogens is 3. The van der Waals surface area contributed by atoms with E-state index in [-0.39, 0.29) is 5.75 Å². The molecule has 0 radical (unpaired) electrons. The van der Waals surface area contributed by atoms with Crippen LogP contribution in [0, 0.1) is 13.8 Å². The molecule has 2 heterocycles. The molecule has 0 bridgehead atoms. The van der Waals surface area contributed by atoms with E-state index in [2.05, 4.69) is 9.97 Å². The number of thioether (sulfide) groups is 1. The highest BCUT2D eigenvalue weighted by Gasteiger charge is 2.14. The summed E-state index contributed by atoms with van der Waals surface area (Å²) < 4.78 is 7.54. The van der Waals surface area contributed by atoms with Crippen molar-refractivity contribution in [3.8, 4) is 0 Å². The predicted octanol–water partition coefficient (Wildman–Crippen LogP) is 2.28. The van der Waals surface area contributed by atoms with Crippen molar-refractivity contribution < 1.29 is 14.3 Å². The van der Waals surface area contributed by atoms with Gasteiger partial charge in [-0.05, 0) is 20.3 Å². The van der Waals surface area contributed by atoms with E-state index in [4.69, 9.17) is 9.52 Å². The third kappa shape index (κ3) is 3.22. The summed E-state index contributed by atoms with van der Waals surface area (Å²) >= 11 is 1.20. The van der Waals surface area contributed by atoms with Crippen molar-refractivity contribution >= 4 is 17.7 Å². The number of carbonyl (C=O) groups is 1. The molecular weight excluding hydrogens is 278 g/mol. The first-order chi connectivity index (χ1) is 9.51. The number of hydrogen-bond donors (Lipinski definition) is 1. The van der Waals surface area contributed by atoms with Crippen molar-refractivity contribution in [2.75, 3.05) is 5.75 Å². The van der Waals surface area contributed by atoms with Crippen LogP contribution in [-0.4, -0.2) is 31.4 Å². The Morgan fingerprint density at radius 1 is 1.50 bits per heavy atom. The summed E-state index contributed by atoms with van der Waals surface area (Å²) in [5.74, 6) is 0.553. The molecule has 7 heteroatoms. The molecule has 20 heavy (non-hydrogen) atoms. The summed E-state index contributed by atoms with van der Waals surface area (Å²) in [5.41, 5.74) is 1.91. The fourth-order valence-corrected chi connectivity index (χ4v) is 2.54. The molecule has 0 aliphatic carbocycles. The van der Waals surface area contributed by atoms with Gasteiger partial charge in [-0.3, -0.25) is 4.79 Å². The molecule has 0 aliphatic heterocycles. The van der Waals surface area contributed by atoms with Crippen LogP contribution in [0.4, 0.5) is 0 Å². The monoisotopic (exact) mass is 295 g/mol. The maximum atomic E-state index is 10.7. The van der Waals surface area contributed by atoms with E-state index in [1.807, 2.05) is 25.3 Å². The molecular formula is C13H17N3O3S. The molecule has 1 N–H and O–H groups in total. The highest BCUT2D eigenvalue weighted by atomic mass is 32.2. The van der Waals surface area contributed by atoms with Crippen LogP contribution in [0.2, 0.25) is 0 Å². The van der Waals surface area contributed by atoms with E-state index in [1.54, 1.807) is 6.20 Å². The van der Waals surface area contributed by atoms with Crippen LogP contribution in [0.1, 0.15) is 30.0 Å². The average molecular weight is 295 g/mol. The fraction of sp³-hybridized carbons (Fsp3) is 0.462. The van der Waals surface area contributed by atoms with E-state index in [1.165, 1.54) is 11.8 Å². The molecule has 2 aromatic rings. The van der Waals surface area contributed by atoms with Gasteiger partial charge in [0.15, 0.2) is 5.16 Å². The summed E-state index contributed by atoms with van der Waals surface area (Å²) in [6.45, 7) is 6.28. The molecule has 2 aromatic heterocycles. The van der Waals surface area contributed by atoms with Gasteiger partial charge in [0.25, 0.3) is 0 Å². The van der Waals surface area contributed by atoms with Crippen molar-refractivity contribution in [2.24, 2.45) is 0 Å². The second kappa shape index (κ2) is 6.13. The molecule has 2 rings (SSSR count). The van der Waals surface area contributed by atoms with Gasteiger partial charge in [-0.1, -0.05) is 18.7 Å². The Kier molecular flexibility index (Phi) is 4.49. The van der Waals surface area contributed by atoms with E-state index in [0.717, 1.165) is 23.6 Å². The molecule has 0 saturated heterocycles. The number of hydrogen-bond acceptors (Lipinski definition) is 5. The first kappa shape index (κ1) is 14.6. The number of oxazole rings is 1. The van der Waals surface area contributed by atoms with Gasteiger partial charge in [-0.15, -0.1) is 0 Å². The Labute approximate surface area is 121 Å². The predicted molar refractivity (Wildman–Crippen MR) is 75.0 cm³/mol. The highest BCUT2D eigenvalue weighted by Crippen LogP contribution is 2.21. The Morgan fingerprint density at radius 3 is 2.80 bits per heavy atom. The van der Waals surface area contributed by atoms with Crippen molar-refractivity contribution in [1.82, 2.24) is 14.5 Å². The minimum atomic E-state index is -0.856. The van der Waals surface area contributed by atoms with Gasteiger partial charge in [0.1, 0.15) is 12.3 Å². The van der Waals surface area contributed by atoms with E-state index in [9.17, 15) is 4.79 Å². The van der Waals surface area contributed by atoms with Crippen molar-refractivity contribution in [3.05, 3.63) is 29.2 Å². The summed E-state index contributed by atoms with van der Waals surface area (Å²) in [4.78, 5) is 19.3. The summed E-state index contributed by atoms with van der Waals surface area (Å²) in [5, 5.41) is 9.45. The Balaban J connectivity index is 2.23. The first-order valence-electron chi connectivity index (χ1n) is 6.33. The van der Waals surface area contributed by atoms with Gasteiger partial charge in [0, 0.05) is 11.9 Å². The number of carboxylic acid groups (broad SMARTS) is 1. The van der Waals surface area contributed by atoms with Crippen LogP contribution in [0.25, 0.3) is 0 Å². The zero-order valence-electron chi connectivity index (χ0n) is 11.7. The van der Waals surface area contributed by atoms with Crippen LogP contribution in [0.5, 0.6) is 0 Å². The molecule has 0 spiro atoms. The second-order valence-corrected chi connectivity index (χ2v) is 5.35. The molecule has 0 unspecified atom stereocenters. The van der Waals surface area contributed by atoms with Crippen LogP contribution in [0.3, 0.4) is 0 Å². The molecule has 0 saturated carbocycles. The molecule has 0 aliphatic rings. The van der Waals surface area contributed by atoms with E-state index >= 15 is 0 Å². The minimum absolute atomic E-state index is 0.0101. The molecule has 0 atom stereocenters. The number of rotatable bonds is 6. The van der Waals surface area contributed by atoms with Crippen molar-refractivity contribution in [3.63, 3.8) is 0 Å². The van der Waals surface area contributed by atoms with E-state index in [0.29, 0.717) is 17.6 Å². The number of aliphatic carboxylic acids is 1. The Hall–Kier alpha value is -1.76. The first-order valence-corrected chi connectivity index (χ1v) is 7.31. The SMILES string of the molecule is CCc1cnc(SCC(=O)O)n1Cc1nc(C)c(C)o1. The quantitative estimate of drug-likeness (QED) is 0.823. The number of carboxylic acids is 1. The van der Waals surface area contributed by atoms with Crippen LogP contribution < -0.4 is 0 Å². The summed E-state index contributed by atoms with van der Waals surface area (Å²) in [7, 11) is 0. The van der Waals surface area contributed by atoms with Crippen LogP contribution in [-0.2, 0) is 17.8 Å². The smallest absolute Gasteiger partial charge is 0.313 e. The minimum Gasteiger partial charge on any atom is -0.481 e. The third-order valence-electron chi connectivity index (χ3n) is 2.95. The van der Waals surface area contributed by atoms with Gasteiger partial charge in [0.05, 0.1) is 11.4 Å². The van der Waals surface area contributed by atoms with Gasteiger partial charge < -0.3 is 14.1 Å². The molecule has 0 aromatic carbocycles. The lowest BCUT2D eigenvalue weighted by molar-refractivity contribution is -0.133. The van der Waals surface area contributed by atoms with Gasteiger partial charge in [-0.2, -0.15) is 0 Å². The van der Waals surface area contributed by atoms with Crippen LogP contribution in [0.15, 0.2) is 15.8 Å². The van der Waals surface area contributed by atoms with Crippen molar-refractivity contribution in [2.45, 2.75) is 38.9 Å². The topological polar surface area (TPSA) is 81.1 Å². The van der Waals surface area contributed by atoms with Gasteiger partial charge in [-0.25, -0.2) is 9.97 Å². The second-order valence-electron chi connectivity index (χ2n) is 4.40. The number of nitrogens with zero attached hydrogens (tertiary/aromatic N) is 3.